The summed E-state index contributed by atoms with van der Waals surface area (Å²) >= 11 is 0. The van der Waals surface area contributed by atoms with Crippen molar-refractivity contribution in [3.8, 4) is 11.5 Å². The molecule has 1 N–H and O–H groups in total. The normalized spacial score (nSPS) is 16.5. The molecule has 2 aliphatic rings. The third-order valence-electron chi connectivity index (χ3n) is 4.42. The SMILES string of the molecule is O=C(CN1C(=O)CNC1=O)N1CCc2oc(-c3cc(F)cc(F)c3)nc2C1. The molecule has 0 atom stereocenters. The summed E-state index contributed by atoms with van der Waals surface area (Å²) in [5, 5.41) is 2.35. The van der Waals surface area contributed by atoms with Gasteiger partial charge < -0.3 is 14.6 Å². The van der Waals surface area contributed by atoms with Gasteiger partial charge in [-0.15, -0.1) is 0 Å². The topological polar surface area (TPSA) is 95.8 Å². The van der Waals surface area contributed by atoms with E-state index in [2.05, 4.69) is 10.3 Å². The Labute approximate surface area is 151 Å². The minimum atomic E-state index is -0.744. The van der Waals surface area contributed by atoms with E-state index in [4.69, 9.17) is 4.42 Å². The van der Waals surface area contributed by atoms with Crippen LogP contribution in [0.15, 0.2) is 22.6 Å². The van der Waals surface area contributed by atoms with Gasteiger partial charge in [-0.3, -0.25) is 14.5 Å². The standard InChI is InChI=1S/C17H14F2N4O4/c18-10-3-9(4-11(19)5-10)16-21-12-7-22(2-1-13(12)27-16)15(25)8-23-14(24)6-20-17(23)26/h3-5H,1-2,6-8H2,(H,20,26). The van der Waals surface area contributed by atoms with Crippen LogP contribution in [0.25, 0.3) is 11.5 Å². The minimum Gasteiger partial charge on any atom is -0.441 e. The van der Waals surface area contributed by atoms with Crippen LogP contribution in [0.1, 0.15) is 11.5 Å². The Bertz CT molecular complexity index is 922. The number of benzene rings is 1. The molecule has 140 valence electrons. The number of fused-ring (bicyclic) bond motifs is 1. The predicted molar refractivity (Wildman–Crippen MR) is 86.1 cm³/mol. The van der Waals surface area contributed by atoms with Gasteiger partial charge in [0.25, 0.3) is 5.91 Å². The predicted octanol–water partition coefficient (Wildman–Crippen LogP) is 1.06. The fourth-order valence-electron chi connectivity index (χ4n) is 3.06. The van der Waals surface area contributed by atoms with Gasteiger partial charge in [-0.25, -0.2) is 18.6 Å². The summed E-state index contributed by atoms with van der Waals surface area (Å²) in [7, 11) is 0. The Kier molecular flexibility index (Phi) is 4.09. The first-order chi connectivity index (χ1) is 12.9. The molecular weight excluding hydrogens is 362 g/mol. The summed E-state index contributed by atoms with van der Waals surface area (Å²) in [6, 6.07) is 2.38. The van der Waals surface area contributed by atoms with Gasteiger partial charge in [-0.2, -0.15) is 0 Å². The number of halogens is 2. The zero-order valence-corrected chi connectivity index (χ0v) is 14.0. The van der Waals surface area contributed by atoms with Gasteiger partial charge in [0, 0.05) is 24.6 Å². The van der Waals surface area contributed by atoms with Crippen molar-refractivity contribution in [1.82, 2.24) is 20.1 Å². The third-order valence-corrected chi connectivity index (χ3v) is 4.42. The molecule has 1 aromatic heterocycles. The number of aromatic nitrogens is 1. The van der Waals surface area contributed by atoms with E-state index in [-0.39, 0.29) is 31.1 Å². The summed E-state index contributed by atoms with van der Waals surface area (Å²) < 4.78 is 32.4. The van der Waals surface area contributed by atoms with Crippen LogP contribution in [0.4, 0.5) is 13.6 Å². The molecule has 0 bridgehead atoms. The largest absolute Gasteiger partial charge is 0.441 e. The van der Waals surface area contributed by atoms with E-state index in [1.807, 2.05) is 0 Å². The van der Waals surface area contributed by atoms with E-state index < -0.39 is 29.5 Å². The molecular formula is C17H14F2N4O4. The number of rotatable bonds is 3. The Morgan fingerprint density at radius 1 is 1.22 bits per heavy atom. The summed E-state index contributed by atoms with van der Waals surface area (Å²) in [6.07, 6.45) is 0.367. The highest BCUT2D eigenvalue weighted by Crippen LogP contribution is 2.27. The van der Waals surface area contributed by atoms with Gasteiger partial charge in [0.2, 0.25) is 11.8 Å². The van der Waals surface area contributed by atoms with Crippen LogP contribution in [0.3, 0.4) is 0 Å². The van der Waals surface area contributed by atoms with E-state index in [1.165, 1.54) is 4.90 Å². The number of amides is 4. The Hall–Kier alpha value is -3.30. The van der Waals surface area contributed by atoms with E-state index in [0.29, 0.717) is 24.4 Å². The Morgan fingerprint density at radius 3 is 2.63 bits per heavy atom. The first-order valence-corrected chi connectivity index (χ1v) is 8.22. The zero-order chi connectivity index (χ0) is 19.1. The zero-order valence-electron chi connectivity index (χ0n) is 14.0. The molecule has 0 aliphatic carbocycles. The van der Waals surface area contributed by atoms with Gasteiger partial charge in [0.1, 0.15) is 29.6 Å². The number of carbonyl (C=O) groups is 3. The molecule has 2 aliphatic heterocycles. The maximum absolute atomic E-state index is 13.4. The molecule has 1 saturated heterocycles. The van der Waals surface area contributed by atoms with Crippen molar-refractivity contribution in [3.05, 3.63) is 41.3 Å². The third kappa shape index (κ3) is 3.25. The summed E-state index contributed by atoms with van der Waals surface area (Å²) in [4.78, 5) is 42.1. The number of imide groups is 1. The molecule has 1 fully saturated rings. The maximum atomic E-state index is 13.4. The lowest BCUT2D eigenvalue weighted by molar-refractivity contribution is -0.137. The second-order valence-corrected chi connectivity index (χ2v) is 6.25. The van der Waals surface area contributed by atoms with Gasteiger partial charge >= 0.3 is 6.03 Å². The van der Waals surface area contributed by atoms with Gasteiger partial charge in [-0.05, 0) is 12.1 Å². The van der Waals surface area contributed by atoms with Gasteiger partial charge in [-0.1, -0.05) is 0 Å². The highest BCUT2D eigenvalue weighted by molar-refractivity contribution is 6.04. The summed E-state index contributed by atoms with van der Waals surface area (Å²) in [6.45, 7) is -0.0202. The van der Waals surface area contributed by atoms with Gasteiger partial charge in [0.05, 0.1) is 13.1 Å². The molecule has 1 aromatic carbocycles. The molecule has 0 spiro atoms. The minimum absolute atomic E-state index is 0.0711. The average molecular weight is 376 g/mol. The molecule has 2 aromatic rings. The van der Waals surface area contributed by atoms with Crippen LogP contribution in [0.2, 0.25) is 0 Å². The van der Waals surface area contributed by atoms with Crippen LogP contribution in [0, 0.1) is 11.6 Å². The monoisotopic (exact) mass is 376 g/mol. The highest BCUT2D eigenvalue weighted by atomic mass is 19.1. The van der Waals surface area contributed by atoms with Crippen molar-refractivity contribution in [3.63, 3.8) is 0 Å². The van der Waals surface area contributed by atoms with Crippen molar-refractivity contribution >= 4 is 17.8 Å². The van der Waals surface area contributed by atoms with Gasteiger partial charge in [0.15, 0.2) is 0 Å². The highest BCUT2D eigenvalue weighted by Gasteiger charge is 2.33. The molecule has 0 unspecified atom stereocenters. The lowest BCUT2D eigenvalue weighted by Gasteiger charge is -2.26. The fraction of sp³-hybridized carbons (Fsp3) is 0.294. The molecule has 0 saturated carbocycles. The second kappa shape index (κ2) is 6.45. The summed E-state index contributed by atoms with van der Waals surface area (Å²) in [5.41, 5.74) is 0.644. The lowest BCUT2D eigenvalue weighted by atomic mass is 10.1. The van der Waals surface area contributed by atoms with Crippen molar-refractivity contribution in [2.45, 2.75) is 13.0 Å². The Morgan fingerprint density at radius 2 is 1.96 bits per heavy atom. The van der Waals surface area contributed by atoms with Crippen molar-refractivity contribution < 1.29 is 27.6 Å². The van der Waals surface area contributed by atoms with Crippen LogP contribution < -0.4 is 5.32 Å². The van der Waals surface area contributed by atoms with Crippen LogP contribution >= 0.6 is 0 Å². The second-order valence-electron chi connectivity index (χ2n) is 6.25. The molecule has 10 heteroatoms. The van der Waals surface area contributed by atoms with Crippen LogP contribution in [0.5, 0.6) is 0 Å². The number of carbonyl (C=O) groups excluding carboxylic acids is 3. The first kappa shape index (κ1) is 17.1. The van der Waals surface area contributed by atoms with E-state index in [9.17, 15) is 23.2 Å². The number of hydrogen-bond acceptors (Lipinski definition) is 5. The molecule has 4 rings (SSSR count). The quantitative estimate of drug-likeness (QED) is 0.808. The smallest absolute Gasteiger partial charge is 0.325 e. The fourth-order valence-corrected chi connectivity index (χ4v) is 3.06. The van der Waals surface area contributed by atoms with Crippen molar-refractivity contribution in [2.24, 2.45) is 0 Å². The molecule has 8 nitrogen and oxygen atoms in total. The number of hydrogen-bond donors (Lipinski definition) is 1. The van der Waals surface area contributed by atoms with Crippen LogP contribution in [-0.4, -0.2) is 52.3 Å². The van der Waals surface area contributed by atoms with Crippen LogP contribution in [-0.2, 0) is 22.6 Å². The Balaban J connectivity index is 1.50. The molecule has 0 radical (unpaired) electrons. The summed E-state index contributed by atoms with van der Waals surface area (Å²) in [5.74, 6) is -1.73. The van der Waals surface area contributed by atoms with E-state index in [1.54, 1.807) is 0 Å². The first-order valence-electron chi connectivity index (χ1n) is 8.22. The van der Waals surface area contributed by atoms with Crippen molar-refractivity contribution in [1.29, 1.82) is 0 Å². The lowest BCUT2D eigenvalue weighted by Crippen LogP contribution is -2.44. The maximum Gasteiger partial charge on any atom is 0.325 e. The number of oxazole rings is 1. The number of nitrogens with one attached hydrogen (secondary N) is 1. The average Bonchev–Trinajstić information content (AvgIpc) is 3.18. The van der Waals surface area contributed by atoms with Crippen molar-refractivity contribution in [2.75, 3.05) is 19.6 Å². The number of nitrogens with zero attached hydrogens (tertiary/aromatic N) is 3. The van der Waals surface area contributed by atoms with E-state index >= 15 is 0 Å². The number of urea groups is 1. The molecule has 27 heavy (non-hydrogen) atoms. The molecule has 4 amide bonds. The molecule has 3 heterocycles. The van der Waals surface area contributed by atoms with E-state index in [0.717, 1.165) is 23.1 Å².